The Labute approximate surface area is 177 Å². The minimum absolute atomic E-state index is 0.182. The predicted octanol–water partition coefficient (Wildman–Crippen LogP) is 2.27. The second-order valence-corrected chi connectivity index (χ2v) is 8.70. The first-order valence-corrected chi connectivity index (χ1v) is 10.8. The summed E-state index contributed by atoms with van der Waals surface area (Å²) in [6, 6.07) is 5.89. The highest BCUT2D eigenvalue weighted by Gasteiger charge is 2.56. The summed E-state index contributed by atoms with van der Waals surface area (Å²) in [6.07, 6.45) is 2.27. The van der Waals surface area contributed by atoms with Gasteiger partial charge in [0.2, 0.25) is 12.7 Å². The van der Waals surface area contributed by atoms with Crippen molar-refractivity contribution in [2.45, 2.75) is 44.3 Å². The van der Waals surface area contributed by atoms with Crippen LogP contribution in [0.5, 0.6) is 11.5 Å². The summed E-state index contributed by atoms with van der Waals surface area (Å²) in [5.74, 6) is 0.560. The maximum absolute atomic E-state index is 13.3. The number of hydrogen-bond acceptors (Lipinski definition) is 6. The largest absolute Gasteiger partial charge is 0.454 e. The van der Waals surface area contributed by atoms with Crippen molar-refractivity contribution in [3.8, 4) is 11.5 Å². The summed E-state index contributed by atoms with van der Waals surface area (Å²) >= 11 is 1.60. The molecular formula is C21H21N3O5S. The molecule has 1 aromatic carbocycles. The molecule has 2 aliphatic heterocycles. The highest BCUT2D eigenvalue weighted by Crippen LogP contribution is 2.42. The summed E-state index contributed by atoms with van der Waals surface area (Å²) in [6.45, 7) is 2.01. The van der Waals surface area contributed by atoms with Gasteiger partial charge in [-0.2, -0.15) is 0 Å². The van der Waals surface area contributed by atoms with Crippen LogP contribution >= 0.6 is 11.3 Å². The molecule has 3 aliphatic rings. The number of amides is 4. The lowest BCUT2D eigenvalue weighted by Crippen LogP contribution is -2.50. The van der Waals surface area contributed by atoms with Crippen LogP contribution in [0.25, 0.3) is 0 Å². The SMILES string of the molecule is C[C@@H](C(=O)NCc1ccc2c(c1)OCO2)N1C(=O)N[C@]2(CCCc3sccc32)C1=O. The number of thiophene rings is 1. The Morgan fingerprint density at radius 1 is 1.30 bits per heavy atom. The summed E-state index contributed by atoms with van der Waals surface area (Å²) < 4.78 is 10.6. The van der Waals surface area contributed by atoms with Gasteiger partial charge in [0.1, 0.15) is 11.6 Å². The van der Waals surface area contributed by atoms with E-state index in [0.717, 1.165) is 33.7 Å². The third kappa shape index (κ3) is 2.84. The molecule has 1 aliphatic carbocycles. The molecule has 1 saturated heterocycles. The minimum atomic E-state index is -1.05. The number of hydrogen-bond donors (Lipinski definition) is 2. The summed E-state index contributed by atoms with van der Waals surface area (Å²) in [7, 11) is 0. The Kier molecular flexibility index (Phi) is 4.43. The number of rotatable bonds is 4. The van der Waals surface area contributed by atoms with E-state index in [1.165, 1.54) is 0 Å². The van der Waals surface area contributed by atoms with Crippen molar-refractivity contribution in [2.24, 2.45) is 0 Å². The molecule has 3 heterocycles. The molecule has 0 unspecified atom stereocenters. The van der Waals surface area contributed by atoms with E-state index in [-0.39, 0.29) is 19.2 Å². The third-order valence-corrected chi connectivity index (χ3v) is 6.94. The number of imide groups is 1. The van der Waals surface area contributed by atoms with Crippen LogP contribution < -0.4 is 20.1 Å². The van der Waals surface area contributed by atoms with Gasteiger partial charge < -0.3 is 20.1 Å². The van der Waals surface area contributed by atoms with E-state index in [4.69, 9.17) is 9.47 Å². The quantitative estimate of drug-likeness (QED) is 0.730. The van der Waals surface area contributed by atoms with Crippen molar-refractivity contribution in [2.75, 3.05) is 6.79 Å². The number of aryl methyl sites for hydroxylation is 1. The first-order valence-electron chi connectivity index (χ1n) is 9.88. The van der Waals surface area contributed by atoms with Gasteiger partial charge in [0, 0.05) is 17.0 Å². The monoisotopic (exact) mass is 427 g/mol. The maximum atomic E-state index is 13.3. The average Bonchev–Trinajstić information content (AvgIpc) is 3.45. The smallest absolute Gasteiger partial charge is 0.326 e. The first kappa shape index (κ1) is 18.9. The average molecular weight is 427 g/mol. The fourth-order valence-corrected chi connectivity index (χ4v) is 5.37. The molecule has 4 amide bonds. The number of carbonyl (C=O) groups is 3. The van der Waals surface area contributed by atoms with Gasteiger partial charge in [-0.05, 0) is 55.3 Å². The number of nitrogens with one attached hydrogen (secondary N) is 2. The van der Waals surface area contributed by atoms with Crippen molar-refractivity contribution in [3.05, 3.63) is 45.6 Å². The summed E-state index contributed by atoms with van der Waals surface area (Å²) in [4.78, 5) is 41.0. The van der Waals surface area contributed by atoms with Gasteiger partial charge in [0.25, 0.3) is 5.91 Å². The molecule has 2 aromatic rings. The number of urea groups is 1. The maximum Gasteiger partial charge on any atom is 0.326 e. The fourth-order valence-electron chi connectivity index (χ4n) is 4.37. The number of ether oxygens (including phenoxy) is 2. The molecule has 1 spiro atoms. The van der Waals surface area contributed by atoms with E-state index >= 15 is 0 Å². The van der Waals surface area contributed by atoms with Crippen LogP contribution in [-0.4, -0.2) is 35.6 Å². The van der Waals surface area contributed by atoms with Crippen LogP contribution in [0, 0.1) is 0 Å². The minimum Gasteiger partial charge on any atom is -0.454 e. The van der Waals surface area contributed by atoms with Crippen LogP contribution in [0.2, 0.25) is 0 Å². The summed E-state index contributed by atoms with van der Waals surface area (Å²) in [5.41, 5.74) is 0.660. The molecule has 2 atom stereocenters. The lowest BCUT2D eigenvalue weighted by atomic mass is 9.80. The standard InChI is InChI=1S/C21H21N3O5S/c1-12(18(25)22-10-13-4-5-15-16(9-13)29-11-28-15)24-19(26)21(23-20(24)27)7-2-3-17-14(21)6-8-30-17/h4-6,8-9,12H,2-3,7,10-11H2,1H3,(H,22,25)(H,23,27)/t12-,21-/m0/s1. The Bertz CT molecular complexity index is 1050. The molecule has 1 aromatic heterocycles. The topological polar surface area (TPSA) is 97.0 Å². The van der Waals surface area contributed by atoms with Crippen molar-refractivity contribution < 1.29 is 23.9 Å². The molecule has 0 saturated carbocycles. The van der Waals surface area contributed by atoms with Crippen LogP contribution in [0.15, 0.2) is 29.6 Å². The van der Waals surface area contributed by atoms with Crippen molar-refractivity contribution >= 4 is 29.2 Å². The Morgan fingerprint density at radius 2 is 2.13 bits per heavy atom. The normalized spacial score (nSPS) is 22.8. The highest BCUT2D eigenvalue weighted by atomic mass is 32.1. The first-order chi connectivity index (χ1) is 14.5. The molecule has 30 heavy (non-hydrogen) atoms. The molecule has 5 rings (SSSR count). The molecule has 0 radical (unpaired) electrons. The molecule has 2 N–H and O–H groups in total. The van der Waals surface area contributed by atoms with Gasteiger partial charge in [-0.1, -0.05) is 6.07 Å². The lowest BCUT2D eigenvalue weighted by Gasteiger charge is -2.31. The van der Waals surface area contributed by atoms with Crippen LogP contribution in [0.4, 0.5) is 4.79 Å². The third-order valence-electron chi connectivity index (χ3n) is 5.95. The molecular weight excluding hydrogens is 406 g/mol. The van der Waals surface area contributed by atoms with Gasteiger partial charge in [-0.25, -0.2) is 9.69 Å². The Balaban J connectivity index is 1.30. The van der Waals surface area contributed by atoms with Gasteiger partial charge in [-0.15, -0.1) is 11.3 Å². The van der Waals surface area contributed by atoms with Crippen molar-refractivity contribution in [3.63, 3.8) is 0 Å². The second-order valence-electron chi connectivity index (χ2n) is 7.70. The van der Waals surface area contributed by atoms with E-state index in [2.05, 4.69) is 10.6 Å². The van der Waals surface area contributed by atoms with E-state index in [9.17, 15) is 14.4 Å². The van der Waals surface area contributed by atoms with Gasteiger partial charge in [0.15, 0.2) is 11.5 Å². The van der Waals surface area contributed by atoms with E-state index in [1.807, 2.05) is 17.5 Å². The van der Waals surface area contributed by atoms with E-state index in [0.29, 0.717) is 17.9 Å². The summed E-state index contributed by atoms with van der Waals surface area (Å²) in [5, 5.41) is 7.63. The molecule has 8 nitrogen and oxygen atoms in total. The van der Waals surface area contributed by atoms with Gasteiger partial charge in [-0.3, -0.25) is 9.59 Å². The number of carbonyl (C=O) groups excluding carboxylic acids is 3. The molecule has 156 valence electrons. The number of benzene rings is 1. The fraction of sp³-hybridized carbons (Fsp3) is 0.381. The second kappa shape index (κ2) is 7.02. The predicted molar refractivity (Wildman–Crippen MR) is 108 cm³/mol. The zero-order valence-corrected chi connectivity index (χ0v) is 17.2. The van der Waals surface area contributed by atoms with E-state index in [1.54, 1.807) is 30.4 Å². The lowest BCUT2D eigenvalue weighted by molar-refractivity contribution is -0.138. The van der Waals surface area contributed by atoms with Crippen molar-refractivity contribution in [1.82, 2.24) is 15.5 Å². The van der Waals surface area contributed by atoms with Crippen LogP contribution in [-0.2, 0) is 28.1 Å². The Morgan fingerprint density at radius 3 is 3.00 bits per heavy atom. The van der Waals surface area contributed by atoms with Crippen LogP contribution in [0.3, 0.4) is 0 Å². The van der Waals surface area contributed by atoms with E-state index < -0.39 is 23.5 Å². The van der Waals surface area contributed by atoms with Gasteiger partial charge >= 0.3 is 6.03 Å². The molecule has 9 heteroatoms. The molecule has 0 bridgehead atoms. The van der Waals surface area contributed by atoms with Crippen LogP contribution in [0.1, 0.15) is 35.8 Å². The zero-order chi connectivity index (χ0) is 20.9. The number of fused-ring (bicyclic) bond motifs is 3. The van der Waals surface area contributed by atoms with Crippen molar-refractivity contribution in [1.29, 1.82) is 0 Å². The highest BCUT2D eigenvalue weighted by molar-refractivity contribution is 7.10. The zero-order valence-electron chi connectivity index (χ0n) is 16.4. The Hall–Kier alpha value is -3.07. The van der Waals surface area contributed by atoms with Gasteiger partial charge in [0.05, 0.1) is 0 Å². The number of nitrogens with zero attached hydrogens (tertiary/aromatic N) is 1. The molecule has 1 fully saturated rings.